The van der Waals surface area contributed by atoms with Gasteiger partial charge in [0, 0.05) is 36.4 Å². The van der Waals surface area contributed by atoms with Gasteiger partial charge in [-0.05, 0) is 37.0 Å². The summed E-state index contributed by atoms with van der Waals surface area (Å²) in [5.41, 5.74) is 8.37. The molecule has 0 aliphatic heterocycles. The number of fused-ring (bicyclic) bond motifs is 1. The maximum Gasteiger partial charge on any atom is 0.252 e. The number of nitrogens with one attached hydrogen (secondary N) is 1. The van der Waals surface area contributed by atoms with E-state index in [9.17, 15) is 4.79 Å². The Bertz CT molecular complexity index is 656. The Balaban J connectivity index is 2.12. The molecule has 2 aromatic rings. The first-order chi connectivity index (χ1) is 8.65. The molecule has 0 atom stereocenters. The highest BCUT2D eigenvalue weighted by Gasteiger charge is 2.21. The molecule has 0 saturated heterocycles. The summed E-state index contributed by atoms with van der Waals surface area (Å²) >= 11 is 0. The second kappa shape index (κ2) is 4.05. The van der Waals surface area contributed by atoms with Gasteiger partial charge in [-0.25, -0.2) is 0 Å². The van der Waals surface area contributed by atoms with Gasteiger partial charge in [-0.3, -0.25) is 4.79 Å². The van der Waals surface area contributed by atoms with E-state index >= 15 is 0 Å². The van der Waals surface area contributed by atoms with Gasteiger partial charge in [0.1, 0.15) is 0 Å². The van der Waals surface area contributed by atoms with E-state index in [4.69, 9.17) is 5.73 Å². The summed E-state index contributed by atoms with van der Waals surface area (Å²) < 4.78 is 1.65. The van der Waals surface area contributed by atoms with Gasteiger partial charge in [-0.2, -0.15) is 0 Å². The molecule has 1 fully saturated rings. The van der Waals surface area contributed by atoms with Crippen LogP contribution in [0.1, 0.15) is 12.8 Å². The Morgan fingerprint density at radius 1 is 1.39 bits per heavy atom. The average molecular weight is 243 g/mol. The first-order valence-corrected chi connectivity index (χ1v) is 6.28. The van der Waals surface area contributed by atoms with Crippen LogP contribution < -0.4 is 16.6 Å². The van der Waals surface area contributed by atoms with Crippen molar-refractivity contribution in [3.8, 4) is 0 Å². The highest BCUT2D eigenvalue weighted by Crippen LogP contribution is 2.30. The number of aryl methyl sites for hydroxylation is 1. The predicted octanol–water partition coefficient (Wildman–Crippen LogP) is 1.94. The summed E-state index contributed by atoms with van der Waals surface area (Å²) in [6.07, 6.45) is 2.58. The molecule has 4 heteroatoms. The molecule has 1 saturated carbocycles. The van der Waals surface area contributed by atoms with Crippen molar-refractivity contribution < 1.29 is 0 Å². The minimum atomic E-state index is 0.00516. The Morgan fingerprint density at radius 3 is 2.89 bits per heavy atom. The number of rotatable bonds is 3. The Hall–Kier alpha value is -1.97. The third-order valence-corrected chi connectivity index (χ3v) is 3.55. The molecule has 4 nitrogen and oxygen atoms in total. The number of hydrogen-bond acceptors (Lipinski definition) is 3. The van der Waals surface area contributed by atoms with Crippen molar-refractivity contribution in [2.24, 2.45) is 13.0 Å². The zero-order valence-corrected chi connectivity index (χ0v) is 10.4. The molecule has 0 amide bonds. The van der Waals surface area contributed by atoms with Crippen LogP contribution in [-0.4, -0.2) is 11.1 Å². The smallest absolute Gasteiger partial charge is 0.252 e. The number of benzene rings is 1. The molecule has 0 radical (unpaired) electrons. The monoisotopic (exact) mass is 243 g/mol. The second-order valence-corrected chi connectivity index (χ2v) is 5.06. The molecule has 1 aliphatic rings. The normalized spacial score (nSPS) is 14.9. The minimum absolute atomic E-state index is 0.00516. The number of nitrogen functional groups attached to an aromatic ring is 1. The SMILES string of the molecule is Cn1c(=O)cc(NCC2CC2)c2cc(N)ccc21. The molecule has 0 bridgehead atoms. The first kappa shape index (κ1) is 11.1. The molecule has 0 spiro atoms. The summed E-state index contributed by atoms with van der Waals surface area (Å²) in [6, 6.07) is 7.30. The van der Waals surface area contributed by atoms with Crippen molar-refractivity contribution in [2.45, 2.75) is 12.8 Å². The fraction of sp³-hybridized carbons (Fsp3) is 0.357. The largest absolute Gasteiger partial charge is 0.399 e. The lowest BCUT2D eigenvalue weighted by Crippen LogP contribution is -2.18. The molecule has 1 aromatic carbocycles. The quantitative estimate of drug-likeness (QED) is 0.810. The maximum atomic E-state index is 11.9. The van der Waals surface area contributed by atoms with Crippen molar-refractivity contribution in [3.05, 3.63) is 34.6 Å². The van der Waals surface area contributed by atoms with Crippen LogP contribution in [0.25, 0.3) is 10.9 Å². The fourth-order valence-electron chi connectivity index (χ4n) is 2.20. The van der Waals surface area contributed by atoms with E-state index < -0.39 is 0 Å². The van der Waals surface area contributed by atoms with Crippen molar-refractivity contribution in [1.82, 2.24) is 4.57 Å². The van der Waals surface area contributed by atoms with E-state index in [1.54, 1.807) is 17.7 Å². The van der Waals surface area contributed by atoms with Gasteiger partial charge in [0.2, 0.25) is 0 Å². The molecule has 3 rings (SSSR count). The van der Waals surface area contributed by atoms with Crippen molar-refractivity contribution in [2.75, 3.05) is 17.6 Å². The number of nitrogens with two attached hydrogens (primary N) is 1. The van der Waals surface area contributed by atoms with Crippen molar-refractivity contribution >= 4 is 22.3 Å². The first-order valence-electron chi connectivity index (χ1n) is 6.28. The predicted molar refractivity (Wildman–Crippen MR) is 74.8 cm³/mol. The van der Waals surface area contributed by atoms with Gasteiger partial charge in [0.15, 0.2) is 0 Å². The molecule has 3 N–H and O–H groups in total. The van der Waals surface area contributed by atoms with Crippen LogP contribution in [0, 0.1) is 5.92 Å². The lowest BCUT2D eigenvalue weighted by atomic mass is 10.1. The highest BCUT2D eigenvalue weighted by molar-refractivity contribution is 5.93. The second-order valence-electron chi connectivity index (χ2n) is 5.06. The van der Waals surface area contributed by atoms with E-state index in [1.165, 1.54) is 12.8 Å². The third-order valence-electron chi connectivity index (χ3n) is 3.55. The van der Waals surface area contributed by atoms with Crippen LogP contribution in [0.3, 0.4) is 0 Å². The summed E-state index contributed by atoms with van der Waals surface area (Å²) in [5, 5.41) is 4.39. The molecular formula is C14H17N3O. The Morgan fingerprint density at radius 2 is 2.17 bits per heavy atom. The van der Waals surface area contributed by atoms with Gasteiger partial charge < -0.3 is 15.6 Å². The number of pyridine rings is 1. The van der Waals surface area contributed by atoms with Gasteiger partial charge >= 0.3 is 0 Å². The molecule has 1 aliphatic carbocycles. The van der Waals surface area contributed by atoms with Crippen LogP contribution in [-0.2, 0) is 7.05 Å². The van der Waals surface area contributed by atoms with Crippen molar-refractivity contribution in [1.29, 1.82) is 0 Å². The molecule has 1 aromatic heterocycles. The summed E-state index contributed by atoms with van der Waals surface area (Å²) in [5.74, 6) is 0.769. The van der Waals surface area contributed by atoms with Crippen LogP contribution in [0.4, 0.5) is 11.4 Å². The van der Waals surface area contributed by atoms with Gasteiger partial charge in [-0.1, -0.05) is 0 Å². The summed E-state index contributed by atoms with van der Waals surface area (Å²) in [7, 11) is 1.78. The summed E-state index contributed by atoms with van der Waals surface area (Å²) in [6.45, 7) is 0.942. The zero-order valence-electron chi connectivity index (χ0n) is 10.4. The van der Waals surface area contributed by atoms with Crippen LogP contribution in [0.5, 0.6) is 0 Å². The lowest BCUT2D eigenvalue weighted by molar-refractivity contribution is 0.881. The molecule has 0 unspecified atom stereocenters. The van der Waals surface area contributed by atoms with Crippen LogP contribution >= 0.6 is 0 Å². The highest BCUT2D eigenvalue weighted by atomic mass is 16.1. The Kier molecular flexibility index (Phi) is 2.51. The van der Waals surface area contributed by atoms with E-state index in [1.807, 2.05) is 18.2 Å². The molecule has 1 heterocycles. The average Bonchev–Trinajstić information content (AvgIpc) is 3.16. The van der Waals surface area contributed by atoms with Crippen LogP contribution in [0.15, 0.2) is 29.1 Å². The fourth-order valence-corrected chi connectivity index (χ4v) is 2.20. The third kappa shape index (κ3) is 1.94. The van der Waals surface area contributed by atoms with E-state index in [2.05, 4.69) is 5.32 Å². The number of anilines is 2. The molecule has 18 heavy (non-hydrogen) atoms. The number of hydrogen-bond donors (Lipinski definition) is 2. The van der Waals surface area contributed by atoms with Crippen molar-refractivity contribution in [3.63, 3.8) is 0 Å². The van der Waals surface area contributed by atoms with E-state index in [0.29, 0.717) is 0 Å². The Labute approximate surface area is 105 Å². The number of nitrogens with zero attached hydrogens (tertiary/aromatic N) is 1. The van der Waals surface area contributed by atoms with Gasteiger partial charge in [0.05, 0.1) is 5.52 Å². The molecular weight excluding hydrogens is 226 g/mol. The van der Waals surface area contributed by atoms with Gasteiger partial charge in [-0.15, -0.1) is 0 Å². The zero-order chi connectivity index (χ0) is 12.7. The maximum absolute atomic E-state index is 11.9. The lowest BCUT2D eigenvalue weighted by Gasteiger charge is -2.12. The number of aromatic nitrogens is 1. The minimum Gasteiger partial charge on any atom is -0.399 e. The molecule has 94 valence electrons. The van der Waals surface area contributed by atoms with Crippen LogP contribution in [0.2, 0.25) is 0 Å². The van der Waals surface area contributed by atoms with E-state index in [0.717, 1.165) is 34.7 Å². The van der Waals surface area contributed by atoms with Gasteiger partial charge in [0.25, 0.3) is 5.56 Å². The topological polar surface area (TPSA) is 60.0 Å². The standard InChI is InChI=1S/C14H17N3O/c1-17-13-5-4-10(15)6-11(13)12(7-14(17)18)16-8-9-2-3-9/h4-7,9,16H,2-3,8,15H2,1H3. The van der Waals surface area contributed by atoms with E-state index in [-0.39, 0.29) is 5.56 Å². The summed E-state index contributed by atoms with van der Waals surface area (Å²) in [4.78, 5) is 11.9.